The fourth-order valence-electron chi connectivity index (χ4n) is 1.88. The molecule has 0 spiro atoms. The van der Waals surface area contributed by atoms with Crippen LogP contribution in [-0.4, -0.2) is 28.6 Å². The highest BCUT2D eigenvalue weighted by Crippen LogP contribution is 2.38. The molecule has 102 valence electrons. The number of hydrogen-bond donors (Lipinski definition) is 2. The van der Waals surface area contributed by atoms with E-state index in [-0.39, 0.29) is 18.8 Å². The number of hydrogen-bond acceptors (Lipinski definition) is 3. The van der Waals surface area contributed by atoms with E-state index < -0.39 is 7.82 Å². The van der Waals surface area contributed by atoms with E-state index in [2.05, 4.69) is 11.4 Å². The van der Waals surface area contributed by atoms with E-state index in [4.69, 9.17) is 14.5 Å². The summed E-state index contributed by atoms with van der Waals surface area (Å²) in [5, 5.41) is 0. The van der Waals surface area contributed by atoms with E-state index in [9.17, 15) is 4.57 Å². The molecule has 1 saturated heterocycles. The van der Waals surface area contributed by atoms with Gasteiger partial charge in [0.25, 0.3) is 0 Å². The first-order chi connectivity index (χ1) is 8.03. The number of phosphoric ester groups is 1. The molecule has 2 atom stereocenters. The van der Waals surface area contributed by atoms with Crippen molar-refractivity contribution >= 4 is 7.82 Å². The van der Waals surface area contributed by atoms with Crippen LogP contribution in [0.4, 0.5) is 0 Å². The molecule has 0 aromatic rings. The number of unbranched alkanes of at least 4 members (excludes halogenated alkanes) is 5. The number of phosphoric acid groups is 1. The van der Waals surface area contributed by atoms with Crippen molar-refractivity contribution in [1.29, 1.82) is 0 Å². The maximum Gasteiger partial charge on any atom is 0.469 e. The third-order valence-corrected chi connectivity index (χ3v) is 3.42. The molecule has 1 heterocycles. The van der Waals surface area contributed by atoms with Crippen molar-refractivity contribution in [2.75, 3.05) is 6.61 Å². The number of ether oxygens (including phenoxy) is 1. The third-order valence-electron chi connectivity index (χ3n) is 2.94. The van der Waals surface area contributed by atoms with E-state index in [1.54, 1.807) is 0 Å². The Bertz CT molecular complexity index is 252. The van der Waals surface area contributed by atoms with Crippen LogP contribution in [0.1, 0.15) is 51.9 Å². The zero-order valence-corrected chi connectivity index (χ0v) is 11.3. The Morgan fingerprint density at radius 2 is 1.76 bits per heavy atom. The fourth-order valence-corrected chi connectivity index (χ4v) is 2.22. The Labute approximate surface area is 103 Å². The van der Waals surface area contributed by atoms with Gasteiger partial charge < -0.3 is 14.5 Å². The Morgan fingerprint density at radius 3 is 2.41 bits per heavy atom. The van der Waals surface area contributed by atoms with Gasteiger partial charge in [0.2, 0.25) is 0 Å². The lowest BCUT2D eigenvalue weighted by atomic mass is 10.1. The van der Waals surface area contributed by atoms with Crippen molar-refractivity contribution in [3.8, 4) is 0 Å². The predicted molar refractivity (Wildman–Crippen MR) is 64.7 cm³/mol. The zero-order chi connectivity index (χ0) is 12.7. The van der Waals surface area contributed by atoms with Gasteiger partial charge in [0.05, 0.1) is 12.7 Å². The molecule has 0 aromatic heterocycles. The van der Waals surface area contributed by atoms with Crippen molar-refractivity contribution in [3.63, 3.8) is 0 Å². The molecule has 0 radical (unpaired) electrons. The summed E-state index contributed by atoms with van der Waals surface area (Å²) in [5.41, 5.74) is 0. The van der Waals surface area contributed by atoms with E-state index >= 15 is 0 Å². The van der Waals surface area contributed by atoms with Crippen LogP contribution in [0.5, 0.6) is 0 Å². The van der Waals surface area contributed by atoms with Crippen LogP contribution in [0.2, 0.25) is 0 Å². The molecular weight excluding hydrogens is 243 g/mol. The Hall–Kier alpha value is 0.0700. The van der Waals surface area contributed by atoms with Crippen LogP contribution >= 0.6 is 7.82 Å². The van der Waals surface area contributed by atoms with Gasteiger partial charge in [-0.15, -0.1) is 0 Å². The third kappa shape index (κ3) is 7.90. The lowest BCUT2D eigenvalue weighted by Crippen LogP contribution is -2.03. The molecule has 17 heavy (non-hydrogen) atoms. The average molecular weight is 266 g/mol. The summed E-state index contributed by atoms with van der Waals surface area (Å²) in [6.45, 7) is 2.20. The normalized spacial score (nSPS) is 23.9. The SMILES string of the molecule is CCCCCCCCC1OC1COP(=O)(O)O. The molecule has 0 amide bonds. The lowest BCUT2D eigenvalue weighted by molar-refractivity contribution is 0.179. The summed E-state index contributed by atoms with van der Waals surface area (Å²) in [6.07, 6.45) is 8.48. The van der Waals surface area contributed by atoms with Crippen molar-refractivity contribution in [2.45, 2.75) is 64.1 Å². The summed E-state index contributed by atoms with van der Waals surface area (Å²) in [5.74, 6) is 0. The fraction of sp³-hybridized carbons (Fsp3) is 1.00. The topological polar surface area (TPSA) is 79.3 Å². The number of rotatable bonds is 10. The second kappa shape index (κ2) is 7.49. The minimum atomic E-state index is -4.33. The Morgan fingerprint density at radius 1 is 1.12 bits per heavy atom. The molecule has 1 fully saturated rings. The summed E-state index contributed by atoms with van der Waals surface area (Å²) < 4.78 is 20.1. The first-order valence-electron chi connectivity index (χ1n) is 6.38. The van der Waals surface area contributed by atoms with Gasteiger partial charge in [-0.1, -0.05) is 45.4 Å². The first kappa shape index (κ1) is 15.1. The summed E-state index contributed by atoms with van der Waals surface area (Å²) >= 11 is 0. The molecule has 1 rings (SSSR count). The van der Waals surface area contributed by atoms with E-state index in [0.29, 0.717) is 0 Å². The van der Waals surface area contributed by atoms with Crippen LogP contribution < -0.4 is 0 Å². The van der Waals surface area contributed by atoms with Crippen molar-refractivity contribution in [3.05, 3.63) is 0 Å². The van der Waals surface area contributed by atoms with E-state index in [0.717, 1.165) is 12.8 Å². The largest absolute Gasteiger partial charge is 0.469 e. The molecule has 1 aliphatic rings. The molecule has 0 saturated carbocycles. The smallest absolute Gasteiger partial charge is 0.367 e. The Kier molecular flexibility index (Phi) is 6.67. The van der Waals surface area contributed by atoms with Crippen molar-refractivity contribution < 1.29 is 23.6 Å². The van der Waals surface area contributed by atoms with Crippen LogP contribution in [0.15, 0.2) is 0 Å². The van der Waals surface area contributed by atoms with Gasteiger partial charge in [-0.05, 0) is 6.42 Å². The maximum absolute atomic E-state index is 10.4. The molecule has 5 nitrogen and oxygen atoms in total. The summed E-state index contributed by atoms with van der Waals surface area (Å²) in [4.78, 5) is 17.0. The maximum atomic E-state index is 10.4. The molecular formula is C11H23O5P. The quantitative estimate of drug-likeness (QED) is 0.361. The highest BCUT2D eigenvalue weighted by Gasteiger charge is 2.39. The lowest BCUT2D eigenvalue weighted by Gasteiger charge is -2.02. The van der Waals surface area contributed by atoms with Crippen LogP contribution in [0.25, 0.3) is 0 Å². The average Bonchev–Trinajstić information content (AvgIpc) is 2.98. The highest BCUT2D eigenvalue weighted by atomic mass is 31.2. The zero-order valence-electron chi connectivity index (χ0n) is 10.4. The van der Waals surface area contributed by atoms with Gasteiger partial charge in [-0.3, -0.25) is 4.52 Å². The molecule has 0 aromatic carbocycles. The van der Waals surface area contributed by atoms with E-state index in [1.165, 1.54) is 32.1 Å². The Balaban J connectivity index is 1.89. The van der Waals surface area contributed by atoms with Gasteiger partial charge in [0.1, 0.15) is 6.10 Å². The number of epoxide rings is 1. The highest BCUT2D eigenvalue weighted by molar-refractivity contribution is 7.46. The molecule has 2 N–H and O–H groups in total. The minimum Gasteiger partial charge on any atom is -0.367 e. The van der Waals surface area contributed by atoms with Gasteiger partial charge in [0, 0.05) is 0 Å². The predicted octanol–water partition coefficient (Wildman–Crippen LogP) is 2.61. The molecule has 0 bridgehead atoms. The molecule has 1 aliphatic heterocycles. The summed E-state index contributed by atoms with van der Waals surface area (Å²) in [7, 11) is -4.33. The van der Waals surface area contributed by atoms with E-state index in [1.807, 2.05) is 0 Å². The first-order valence-corrected chi connectivity index (χ1v) is 7.91. The summed E-state index contributed by atoms with van der Waals surface area (Å²) in [6, 6.07) is 0. The van der Waals surface area contributed by atoms with Crippen LogP contribution in [-0.2, 0) is 13.8 Å². The van der Waals surface area contributed by atoms with Crippen molar-refractivity contribution in [2.24, 2.45) is 0 Å². The van der Waals surface area contributed by atoms with Gasteiger partial charge in [-0.2, -0.15) is 0 Å². The van der Waals surface area contributed by atoms with Crippen LogP contribution in [0, 0.1) is 0 Å². The molecule has 2 unspecified atom stereocenters. The molecule has 6 heteroatoms. The monoisotopic (exact) mass is 266 g/mol. The second-order valence-electron chi connectivity index (χ2n) is 4.56. The van der Waals surface area contributed by atoms with Crippen molar-refractivity contribution in [1.82, 2.24) is 0 Å². The van der Waals surface area contributed by atoms with Crippen LogP contribution in [0.3, 0.4) is 0 Å². The van der Waals surface area contributed by atoms with Gasteiger partial charge in [-0.25, -0.2) is 4.57 Å². The molecule has 0 aliphatic carbocycles. The van der Waals surface area contributed by atoms with Gasteiger partial charge >= 0.3 is 7.82 Å². The standard InChI is InChI=1S/C11H23O5P/c1-2-3-4-5-6-7-8-10-11(16-10)9-15-17(12,13)14/h10-11H,2-9H2,1H3,(H2,12,13,14). The van der Waals surface area contributed by atoms with Gasteiger partial charge in [0.15, 0.2) is 0 Å². The second-order valence-corrected chi connectivity index (χ2v) is 5.80. The minimum absolute atomic E-state index is 0.00474.